The van der Waals surface area contributed by atoms with Gasteiger partial charge in [0.15, 0.2) is 0 Å². The molecule has 0 bridgehead atoms. The Labute approximate surface area is 106 Å². The number of carbonyl (C=O) groups is 3. The molecule has 1 fully saturated rings. The van der Waals surface area contributed by atoms with Crippen molar-refractivity contribution in [1.82, 2.24) is 10.2 Å². The molecule has 5 heteroatoms. The Morgan fingerprint density at radius 2 is 2.00 bits per heavy atom. The van der Waals surface area contributed by atoms with Crippen LogP contribution in [0.1, 0.15) is 32.6 Å². The zero-order chi connectivity index (χ0) is 13.1. The maximum atomic E-state index is 12.0. The van der Waals surface area contributed by atoms with Gasteiger partial charge in [0.05, 0.1) is 12.0 Å². The van der Waals surface area contributed by atoms with E-state index in [9.17, 15) is 14.4 Å². The zero-order valence-corrected chi connectivity index (χ0v) is 10.5. The molecule has 0 unspecified atom stereocenters. The fourth-order valence-electron chi connectivity index (χ4n) is 2.67. The van der Waals surface area contributed by atoms with Gasteiger partial charge >= 0.3 is 0 Å². The van der Waals surface area contributed by atoms with Crippen LogP contribution in [0.5, 0.6) is 0 Å². The SMILES string of the molecule is CCCNC(=O)[C@H]1CCC[C@@H]1N1C(=O)C=CC1=O. The van der Waals surface area contributed by atoms with Gasteiger partial charge in [-0.2, -0.15) is 0 Å². The van der Waals surface area contributed by atoms with E-state index in [1.54, 1.807) is 0 Å². The van der Waals surface area contributed by atoms with Gasteiger partial charge in [-0.15, -0.1) is 0 Å². The fourth-order valence-corrected chi connectivity index (χ4v) is 2.67. The van der Waals surface area contributed by atoms with Crippen LogP contribution in [0.15, 0.2) is 12.2 Å². The highest BCUT2D eigenvalue weighted by atomic mass is 16.2. The molecule has 0 spiro atoms. The Bertz CT molecular complexity index is 385. The van der Waals surface area contributed by atoms with Crippen LogP contribution in [0.2, 0.25) is 0 Å². The van der Waals surface area contributed by atoms with Crippen LogP contribution >= 0.6 is 0 Å². The molecule has 1 N–H and O–H groups in total. The molecule has 2 atom stereocenters. The Kier molecular flexibility index (Phi) is 3.79. The molecular formula is C13H18N2O3. The predicted octanol–water partition coefficient (Wildman–Crippen LogP) is 0.606. The van der Waals surface area contributed by atoms with Gasteiger partial charge in [0, 0.05) is 18.7 Å². The lowest BCUT2D eigenvalue weighted by molar-refractivity contribution is -0.141. The van der Waals surface area contributed by atoms with E-state index in [1.165, 1.54) is 17.1 Å². The van der Waals surface area contributed by atoms with E-state index in [0.717, 1.165) is 25.7 Å². The molecule has 2 rings (SSSR count). The van der Waals surface area contributed by atoms with Gasteiger partial charge < -0.3 is 5.32 Å². The number of rotatable bonds is 4. The first kappa shape index (κ1) is 12.8. The van der Waals surface area contributed by atoms with Crippen molar-refractivity contribution in [2.24, 2.45) is 5.92 Å². The topological polar surface area (TPSA) is 66.5 Å². The standard InChI is InChI=1S/C13H18N2O3/c1-2-8-14-13(18)9-4-3-5-10(9)15-11(16)6-7-12(15)17/h6-7,9-10H,2-5,8H2,1H3,(H,14,18)/t9-,10-/m0/s1. The van der Waals surface area contributed by atoms with Crippen molar-refractivity contribution in [3.05, 3.63) is 12.2 Å². The lowest BCUT2D eigenvalue weighted by atomic mass is 10.0. The summed E-state index contributed by atoms with van der Waals surface area (Å²) in [7, 11) is 0. The normalized spacial score (nSPS) is 27.1. The van der Waals surface area contributed by atoms with E-state index in [4.69, 9.17) is 0 Å². The number of nitrogens with one attached hydrogen (secondary N) is 1. The molecule has 1 aliphatic carbocycles. The van der Waals surface area contributed by atoms with Crippen molar-refractivity contribution in [2.45, 2.75) is 38.6 Å². The minimum atomic E-state index is -0.291. The predicted molar refractivity (Wildman–Crippen MR) is 65.4 cm³/mol. The maximum Gasteiger partial charge on any atom is 0.253 e. The summed E-state index contributed by atoms with van der Waals surface area (Å²) in [5.41, 5.74) is 0. The Hall–Kier alpha value is -1.65. The van der Waals surface area contributed by atoms with Gasteiger partial charge in [-0.05, 0) is 19.3 Å². The molecule has 0 saturated heterocycles. The summed E-state index contributed by atoms with van der Waals surface area (Å²) in [6, 6.07) is -0.267. The van der Waals surface area contributed by atoms with Gasteiger partial charge in [-0.25, -0.2) is 0 Å². The summed E-state index contributed by atoms with van der Waals surface area (Å²) in [6.07, 6.45) is 5.79. The summed E-state index contributed by atoms with van der Waals surface area (Å²) in [5, 5.41) is 2.85. The average Bonchev–Trinajstić information content (AvgIpc) is 2.93. The fraction of sp³-hybridized carbons (Fsp3) is 0.615. The van der Waals surface area contributed by atoms with Crippen LogP contribution in [0.4, 0.5) is 0 Å². The average molecular weight is 250 g/mol. The number of hydrogen-bond donors (Lipinski definition) is 1. The highest BCUT2D eigenvalue weighted by Crippen LogP contribution is 2.31. The summed E-state index contributed by atoms with van der Waals surface area (Å²) >= 11 is 0. The van der Waals surface area contributed by atoms with Crippen LogP contribution in [0, 0.1) is 5.92 Å². The highest BCUT2D eigenvalue weighted by Gasteiger charge is 2.41. The van der Waals surface area contributed by atoms with Crippen LogP contribution < -0.4 is 5.32 Å². The van der Waals surface area contributed by atoms with Crippen molar-refractivity contribution in [2.75, 3.05) is 6.54 Å². The molecule has 5 nitrogen and oxygen atoms in total. The monoisotopic (exact) mass is 250 g/mol. The second-order valence-corrected chi connectivity index (χ2v) is 4.78. The Balaban J connectivity index is 2.06. The minimum absolute atomic E-state index is 0.0353. The van der Waals surface area contributed by atoms with Gasteiger partial charge in [-0.3, -0.25) is 19.3 Å². The molecule has 2 aliphatic rings. The number of nitrogens with zero attached hydrogens (tertiary/aromatic N) is 1. The number of imide groups is 1. The summed E-state index contributed by atoms with van der Waals surface area (Å²) in [5.74, 6) is -0.864. The Morgan fingerprint density at radius 1 is 1.33 bits per heavy atom. The number of amides is 3. The molecule has 1 saturated carbocycles. The molecule has 0 aromatic heterocycles. The van der Waals surface area contributed by atoms with Gasteiger partial charge in [0.1, 0.15) is 0 Å². The van der Waals surface area contributed by atoms with Gasteiger partial charge in [0.2, 0.25) is 5.91 Å². The summed E-state index contributed by atoms with van der Waals surface area (Å²) in [6.45, 7) is 2.63. The molecule has 1 aliphatic heterocycles. The van der Waals surface area contributed by atoms with Crippen molar-refractivity contribution < 1.29 is 14.4 Å². The smallest absolute Gasteiger partial charge is 0.253 e. The quantitative estimate of drug-likeness (QED) is 0.743. The first-order valence-corrected chi connectivity index (χ1v) is 6.48. The number of hydrogen-bond acceptors (Lipinski definition) is 3. The van der Waals surface area contributed by atoms with E-state index < -0.39 is 0 Å². The molecule has 18 heavy (non-hydrogen) atoms. The zero-order valence-electron chi connectivity index (χ0n) is 10.5. The maximum absolute atomic E-state index is 12.0. The second kappa shape index (κ2) is 5.33. The van der Waals surface area contributed by atoms with Crippen molar-refractivity contribution >= 4 is 17.7 Å². The lowest BCUT2D eigenvalue weighted by Crippen LogP contribution is -2.47. The molecule has 0 radical (unpaired) electrons. The van der Waals surface area contributed by atoms with E-state index in [2.05, 4.69) is 5.32 Å². The van der Waals surface area contributed by atoms with Crippen LogP contribution in [0.25, 0.3) is 0 Å². The first-order valence-electron chi connectivity index (χ1n) is 6.48. The third-order valence-corrected chi connectivity index (χ3v) is 3.54. The van der Waals surface area contributed by atoms with Gasteiger partial charge in [-0.1, -0.05) is 13.3 Å². The molecule has 0 aromatic rings. The highest BCUT2D eigenvalue weighted by molar-refractivity contribution is 6.13. The molecule has 3 amide bonds. The second-order valence-electron chi connectivity index (χ2n) is 4.78. The van der Waals surface area contributed by atoms with Crippen molar-refractivity contribution in [3.63, 3.8) is 0 Å². The lowest BCUT2D eigenvalue weighted by Gasteiger charge is -2.27. The third kappa shape index (κ3) is 2.30. The van der Waals surface area contributed by atoms with Crippen molar-refractivity contribution in [1.29, 1.82) is 0 Å². The van der Waals surface area contributed by atoms with E-state index in [-0.39, 0.29) is 29.7 Å². The van der Waals surface area contributed by atoms with Crippen molar-refractivity contribution in [3.8, 4) is 0 Å². The first-order chi connectivity index (χ1) is 8.65. The van der Waals surface area contributed by atoms with E-state index in [1.807, 2.05) is 6.92 Å². The van der Waals surface area contributed by atoms with Crippen LogP contribution in [0.3, 0.4) is 0 Å². The largest absolute Gasteiger partial charge is 0.356 e. The molecule has 1 heterocycles. The van der Waals surface area contributed by atoms with Crippen LogP contribution in [-0.2, 0) is 14.4 Å². The van der Waals surface area contributed by atoms with E-state index in [0.29, 0.717) is 6.54 Å². The van der Waals surface area contributed by atoms with Gasteiger partial charge in [0.25, 0.3) is 11.8 Å². The molecule has 98 valence electrons. The third-order valence-electron chi connectivity index (χ3n) is 3.54. The summed E-state index contributed by atoms with van der Waals surface area (Å²) in [4.78, 5) is 36.5. The molecule has 0 aromatic carbocycles. The molecular weight excluding hydrogens is 232 g/mol. The Morgan fingerprint density at radius 3 is 2.61 bits per heavy atom. The van der Waals surface area contributed by atoms with Crippen LogP contribution in [-0.4, -0.2) is 35.2 Å². The minimum Gasteiger partial charge on any atom is -0.356 e. The summed E-state index contributed by atoms with van der Waals surface area (Å²) < 4.78 is 0. The van der Waals surface area contributed by atoms with E-state index >= 15 is 0 Å². The number of carbonyl (C=O) groups excluding carboxylic acids is 3.